The Bertz CT molecular complexity index is 723. The van der Waals surface area contributed by atoms with Gasteiger partial charge in [-0.05, 0) is 42.0 Å². The second kappa shape index (κ2) is 12.3. The molecule has 1 aromatic carbocycles. The van der Waals surface area contributed by atoms with Gasteiger partial charge in [0.1, 0.15) is 0 Å². The molecule has 0 saturated heterocycles. The summed E-state index contributed by atoms with van der Waals surface area (Å²) in [5.41, 5.74) is 6.00. The lowest BCUT2D eigenvalue weighted by molar-refractivity contribution is 0.281. The molecule has 1 rings (SSSR count). The summed E-state index contributed by atoms with van der Waals surface area (Å²) in [6, 6.07) is 5.23. The van der Waals surface area contributed by atoms with E-state index < -0.39 is 0 Å². The van der Waals surface area contributed by atoms with Crippen molar-refractivity contribution in [2.24, 2.45) is 0 Å². The van der Waals surface area contributed by atoms with Crippen molar-refractivity contribution >= 4 is 0 Å². The molecule has 0 amide bonds. The van der Waals surface area contributed by atoms with Crippen molar-refractivity contribution < 1.29 is 14.6 Å². The van der Waals surface area contributed by atoms with Crippen molar-refractivity contribution in [3.63, 3.8) is 0 Å². The van der Waals surface area contributed by atoms with Gasteiger partial charge >= 0.3 is 0 Å². The molecular weight excluding hydrogens is 300 g/mol. The average molecular weight is 320 g/mol. The summed E-state index contributed by atoms with van der Waals surface area (Å²) in [4.78, 5) is 0. The van der Waals surface area contributed by atoms with Gasteiger partial charge < -0.3 is 14.6 Å². The van der Waals surface area contributed by atoms with Crippen molar-refractivity contribution in [3.05, 3.63) is 110 Å². The van der Waals surface area contributed by atoms with Crippen molar-refractivity contribution in [1.82, 2.24) is 0 Å². The Morgan fingerprint density at radius 1 is 0.833 bits per heavy atom. The first-order valence-corrected chi connectivity index (χ1v) is 7.24. The SMILES string of the molecule is C=C=C/C=C/C=C\Oc1ccc(CO)cc1O/C=C/C=C/C=C=C. The quantitative estimate of drug-likeness (QED) is 0.405. The van der Waals surface area contributed by atoms with E-state index in [2.05, 4.69) is 24.6 Å². The maximum Gasteiger partial charge on any atom is 0.169 e. The van der Waals surface area contributed by atoms with E-state index in [0.29, 0.717) is 11.5 Å². The average Bonchev–Trinajstić information content (AvgIpc) is 2.61. The molecular formula is C21H20O3. The first-order valence-electron chi connectivity index (χ1n) is 7.24. The molecule has 0 fully saturated rings. The van der Waals surface area contributed by atoms with Crippen LogP contribution < -0.4 is 9.47 Å². The van der Waals surface area contributed by atoms with Crippen molar-refractivity contribution in [2.75, 3.05) is 0 Å². The molecule has 0 aliphatic rings. The van der Waals surface area contributed by atoms with Crippen LogP contribution in [0.2, 0.25) is 0 Å². The van der Waals surface area contributed by atoms with Crippen LogP contribution in [-0.4, -0.2) is 5.11 Å². The number of hydrogen-bond acceptors (Lipinski definition) is 3. The molecule has 0 spiro atoms. The van der Waals surface area contributed by atoms with Gasteiger partial charge in [0.15, 0.2) is 11.5 Å². The topological polar surface area (TPSA) is 38.7 Å². The van der Waals surface area contributed by atoms with Crippen molar-refractivity contribution in [3.8, 4) is 11.5 Å². The van der Waals surface area contributed by atoms with Crippen LogP contribution in [0.15, 0.2) is 104 Å². The molecule has 0 saturated carbocycles. The first-order chi connectivity index (χ1) is 11.8. The Morgan fingerprint density at radius 3 is 1.96 bits per heavy atom. The second-order valence-corrected chi connectivity index (χ2v) is 4.34. The van der Waals surface area contributed by atoms with E-state index in [1.54, 1.807) is 66.8 Å². The summed E-state index contributed by atoms with van der Waals surface area (Å²) in [7, 11) is 0. The van der Waals surface area contributed by atoms with E-state index in [4.69, 9.17) is 9.47 Å². The van der Waals surface area contributed by atoms with Crippen molar-refractivity contribution in [1.29, 1.82) is 0 Å². The standard InChI is InChI=1S/C21H20O3/c1-3-5-7-9-11-15-23-20-14-13-19(18-22)17-21(20)24-16-12-10-8-6-4-2/h5-17,22H,1-2,18H2/b9-7+,10-8+,15-11-,16-12+. The Hall–Kier alpha value is -3.22. The largest absolute Gasteiger partial charge is 0.461 e. The minimum atomic E-state index is -0.0726. The molecule has 0 aliphatic heterocycles. The second-order valence-electron chi connectivity index (χ2n) is 4.34. The normalized spacial score (nSPS) is 11.0. The molecule has 122 valence electrons. The predicted octanol–water partition coefficient (Wildman–Crippen LogP) is 4.76. The third kappa shape index (κ3) is 7.69. The number of allylic oxidation sites excluding steroid dienone is 8. The van der Waals surface area contributed by atoms with Crippen molar-refractivity contribution in [2.45, 2.75) is 6.61 Å². The zero-order valence-electron chi connectivity index (χ0n) is 13.4. The fourth-order valence-electron chi connectivity index (χ4n) is 1.53. The van der Waals surface area contributed by atoms with Gasteiger partial charge in [0.05, 0.1) is 19.1 Å². The number of rotatable bonds is 9. The van der Waals surface area contributed by atoms with Gasteiger partial charge in [-0.15, -0.1) is 11.5 Å². The highest BCUT2D eigenvalue weighted by molar-refractivity contribution is 5.43. The molecule has 0 aromatic heterocycles. The number of hydrogen-bond donors (Lipinski definition) is 1. The molecule has 0 aliphatic carbocycles. The highest BCUT2D eigenvalue weighted by atomic mass is 16.5. The highest BCUT2D eigenvalue weighted by Crippen LogP contribution is 2.29. The lowest BCUT2D eigenvalue weighted by Crippen LogP contribution is -1.91. The number of aliphatic hydroxyl groups excluding tert-OH is 1. The summed E-state index contributed by atoms with van der Waals surface area (Å²) in [6.07, 6.45) is 17.0. The lowest BCUT2D eigenvalue weighted by Gasteiger charge is -2.08. The molecule has 1 N–H and O–H groups in total. The molecule has 0 heterocycles. The Kier molecular flexibility index (Phi) is 9.68. The molecule has 0 atom stereocenters. The Morgan fingerprint density at radius 2 is 1.42 bits per heavy atom. The summed E-state index contributed by atoms with van der Waals surface area (Å²) < 4.78 is 11.1. The first kappa shape index (κ1) is 18.8. The van der Waals surface area contributed by atoms with E-state index in [9.17, 15) is 5.11 Å². The van der Waals surface area contributed by atoms with Gasteiger partial charge in [0, 0.05) is 0 Å². The molecule has 0 radical (unpaired) electrons. The minimum Gasteiger partial charge on any atom is -0.461 e. The number of aliphatic hydroxyl groups is 1. The van der Waals surface area contributed by atoms with E-state index >= 15 is 0 Å². The maximum atomic E-state index is 9.24. The summed E-state index contributed by atoms with van der Waals surface area (Å²) in [5, 5.41) is 9.24. The third-order valence-electron chi connectivity index (χ3n) is 2.61. The van der Waals surface area contributed by atoms with Gasteiger partial charge in [0.2, 0.25) is 0 Å². The third-order valence-corrected chi connectivity index (χ3v) is 2.61. The number of ether oxygens (including phenoxy) is 2. The molecule has 1 aromatic rings. The van der Waals surface area contributed by atoms with Crippen LogP contribution in [-0.2, 0) is 6.61 Å². The van der Waals surface area contributed by atoms with Crippen LogP contribution in [0.1, 0.15) is 5.56 Å². The Balaban J connectivity index is 2.79. The monoisotopic (exact) mass is 320 g/mol. The molecule has 3 nitrogen and oxygen atoms in total. The van der Waals surface area contributed by atoms with Crippen LogP contribution in [0.4, 0.5) is 0 Å². The molecule has 24 heavy (non-hydrogen) atoms. The van der Waals surface area contributed by atoms with E-state index in [0.717, 1.165) is 5.56 Å². The molecule has 0 unspecified atom stereocenters. The van der Waals surface area contributed by atoms with Gasteiger partial charge in [0.25, 0.3) is 0 Å². The van der Waals surface area contributed by atoms with Gasteiger partial charge in [-0.1, -0.05) is 43.5 Å². The van der Waals surface area contributed by atoms with E-state index in [1.165, 1.54) is 12.5 Å². The van der Waals surface area contributed by atoms with Crippen LogP contribution in [0.25, 0.3) is 0 Å². The lowest BCUT2D eigenvalue weighted by atomic mass is 10.2. The van der Waals surface area contributed by atoms with Gasteiger partial charge in [-0.2, -0.15) is 0 Å². The summed E-state index contributed by atoms with van der Waals surface area (Å²) >= 11 is 0. The predicted molar refractivity (Wildman–Crippen MR) is 97.6 cm³/mol. The fourth-order valence-corrected chi connectivity index (χ4v) is 1.53. The van der Waals surface area contributed by atoms with Gasteiger partial charge in [-0.25, -0.2) is 0 Å². The van der Waals surface area contributed by atoms with E-state index in [1.807, 2.05) is 0 Å². The molecule has 3 heteroatoms. The van der Waals surface area contributed by atoms with Crippen LogP contribution >= 0.6 is 0 Å². The minimum absolute atomic E-state index is 0.0726. The summed E-state index contributed by atoms with van der Waals surface area (Å²) in [6.45, 7) is 6.85. The smallest absolute Gasteiger partial charge is 0.169 e. The summed E-state index contributed by atoms with van der Waals surface area (Å²) in [5.74, 6) is 1.04. The zero-order chi connectivity index (χ0) is 17.5. The highest BCUT2D eigenvalue weighted by Gasteiger charge is 2.04. The fraction of sp³-hybridized carbons (Fsp3) is 0.0476. The van der Waals surface area contributed by atoms with Gasteiger partial charge in [-0.3, -0.25) is 0 Å². The van der Waals surface area contributed by atoms with Crippen LogP contribution in [0, 0.1) is 0 Å². The van der Waals surface area contributed by atoms with Crippen LogP contribution in [0.3, 0.4) is 0 Å². The maximum absolute atomic E-state index is 9.24. The number of benzene rings is 1. The van der Waals surface area contributed by atoms with E-state index in [-0.39, 0.29) is 6.61 Å². The zero-order valence-corrected chi connectivity index (χ0v) is 13.4. The Labute approximate surface area is 142 Å². The molecule has 0 bridgehead atoms. The van der Waals surface area contributed by atoms with Crippen LogP contribution in [0.5, 0.6) is 11.5 Å².